The maximum absolute atomic E-state index is 12.3. The number of piperazine rings is 1. The van der Waals surface area contributed by atoms with Crippen LogP contribution in [0.5, 0.6) is 0 Å². The zero-order chi connectivity index (χ0) is 15.4. The van der Waals surface area contributed by atoms with Gasteiger partial charge in [-0.15, -0.1) is 0 Å². The number of amides is 1. The minimum absolute atomic E-state index is 0.144. The van der Waals surface area contributed by atoms with Crippen LogP contribution in [-0.2, 0) is 4.79 Å². The van der Waals surface area contributed by atoms with Crippen LogP contribution in [0, 0.1) is 0 Å². The van der Waals surface area contributed by atoms with E-state index in [4.69, 9.17) is 11.6 Å². The SMILES string of the molecule is O=C(CN1CCNCC1c1ccccc1Cl)NC1CCCC1. The fourth-order valence-electron chi connectivity index (χ4n) is 3.52. The van der Waals surface area contributed by atoms with Crippen molar-refractivity contribution in [2.24, 2.45) is 0 Å². The van der Waals surface area contributed by atoms with Crippen molar-refractivity contribution < 1.29 is 4.79 Å². The van der Waals surface area contributed by atoms with E-state index in [9.17, 15) is 4.79 Å². The maximum atomic E-state index is 12.3. The Bertz CT molecular complexity index is 516. The monoisotopic (exact) mass is 321 g/mol. The molecule has 5 heteroatoms. The summed E-state index contributed by atoms with van der Waals surface area (Å²) in [7, 11) is 0. The van der Waals surface area contributed by atoms with Gasteiger partial charge in [-0.3, -0.25) is 9.69 Å². The second kappa shape index (κ2) is 7.44. The van der Waals surface area contributed by atoms with Crippen LogP contribution in [0.15, 0.2) is 24.3 Å². The third-order valence-electron chi connectivity index (χ3n) is 4.69. The minimum atomic E-state index is 0.144. The van der Waals surface area contributed by atoms with Crippen LogP contribution in [-0.4, -0.2) is 43.0 Å². The van der Waals surface area contributed by atoms with Crippen molar-refractivity contribution in [1.82, 2.24) is 15.5 Å². The summed E-state index contributed by atoms with van der Waals surface area (Å²) in [4.78, 5) is 14.6. The number of hydrogen-bond donors (Lipinski definition) is 2. The first kappa shape index (κ1) is 15.8. The third-order valence-corrected chi connectivity index (χ3v) is 5.03. The number of carbonyl (C=O) groups is 1. The van der Waals surface area contributed by atoms with Crippen molar-refractivity contribution in [1.29, 1.82) is 0 Å². The van der Waals surface area contributed by atoms with E-state index in [0.717, 1.165) is 43.1 Å². The molecule has 1 aromatic rings. The van der Waals surface area contributed by atoms with Gasteiger partial charge in [-0.1, -0.05) is 42.6 Å². The molecule has 4 nitrogen and oxygen atoms in total. The van der Waals surface area contributed by atoms with Crippen LogP contribution in [0.1, 0.15) is 37.3 Å². The molecular formula is C17H24ClN3O. The molecule has 2 aliphatic rings. The van der Waals surface area contributed by atoms with Crippen molar-refractivity contribution >= 4 is 17.5 Å². The van der Waals surface area contributed by atoms with Gasteiger partial charge in [0, 0.05) is 36.7 Å². The van der Waals surface area contributed by atoms with Gasteiger partial charge in [-0.05, 0) is 24.5 Å². The Hall–Kier alpha value is -1.10. The summed E-state index contributed by atoms with van der Waals surface area (Å²) in [5, 5.41) is 7.36. The predicted molar refractivity (Wildman–Crippen MR) is 89.0 cm³/mol. The third kappa shape index (κ3) is 3.80. The van der Waals surface area contributed by atoms with Crippen molar-refractivity contribution in [2.45, 2.75) is 37.8 Å². The molecule has 1 aromatic carbocycles. The lowest BCUT2D eigenvalue weighted by molar-refractivity contribution is -0.123. The van der Waals surface area contributed by atoms with Gasteiger partial charge in [-0.25, -0.2) is 0 Å². The number of carbonyl (C=O) groups excluding carboxylic acids is 1. The highest BCUT2D eigenvalue weighted by molar-refractivity contribution is 6.31. The lowest BCUT2D eigenvalue weighted by Gasteiger charge is -2.36. The molecule has 1 saturated carbocycles. The summed E-state index contributed by atoms with van der Waals surface area (Å²) in [5.41, 5.74) is 1.10. The molecule has 120 valence electrons. The summed E-state index contributed by atoms with van der Waals surface area (Å²) in [6.07, 6.45) is 4.73. The standard InChI is InChI=1S/C17H24ClN3O/c18-15-8-4-3-7-14(15)16-11-19-9-10-21(16)12-17(22)20-13-5-1-2-6-13/h3-4,7-8,13,16,19H,1-2,5-6,9-12H2,(H,20,22). The Labute approximate surface area is 137 Å². The second-order valence-electron chi connectivity index (χ2n) is 6.26. The highest BCUT2D eigenvalue weighted by Crippen LogP contribution is 2.28. The average molecular weight is 322 g/mol. The normalized spacial score (nSPS) is 23.6. The molecular weight excluding hydrogens is 298 g/mol. The predicted octanol–water partition coefficient (Wildman–Crippen LogP) is 2.35. The van der Waals surface area contributed by atoms with Crippen molar-refractivity contribution in [3.8, 4) is 0 Å². The summed E-state index contributed by atoms with van der Waals surface area (Å²) in [6.45, 7) is 3.07. The number of nitrogens with one attached hydrogen (secondary N) is 2. The van der Waals surface area contributed by atoms with Gasteiger partial charge < -0.3 is 10.6 Å². The quantitative estimate of drug-likeness (QED) is 0.894. The van der Waals surface area contributed by atoms with Crippen LogP contribution in [0.4, 0.5) is 0 Å². The van der Waals surface area contributed by atoms with Crippen molar-refractivity contribution in [3.05, 3.63) is 34.9 Å². The van der Waals surface area contributed by atoms with Gasteiger partial charge in [0.25, 0.3) is 0 Å². The van der Waals surface area contributed by atoms with Gasteiger partial charge in [0.15, 0.2) is 0 Å². The van der Waals surface area contributed by atoms with E-state index in [1.165, 1.54) is 12.8 Å². The second-order valence-corrected chi connectivity index (χ2v) is 6.67. The Morgan fingerprint density at radius 3 is 2.86 bits per heavy atom. The lowest BCUT2D eigenvalue weighted by atomic mass is 10.0. The molecule has 1 amide bonds. The van der Waals surface area contributed by atoms with Crippen LogP contribution in [0.2, 0.25) is 5.02 Å². The summed E-state index contributed by atoms with van der Waals surface area (Å²) >= 11 is 6.34. The molecule has 0 aromatic heterocycles. The fourth-order valence-corrected chi connectivity index (χ4v) is 3.78. The van der Waals surface area contributed by atoms with E-state index < -0.39 is 0 Å². The molecule has 1 saturated heterocycles. The van der Waals surface area contributed by atoms with E-state index in [0.29, 0.717) is 12.6 Å². The van der Waals surface area contributed by atoms with Gasteiger partial charge in [0.2, 0.25) is 5.91 Å². The van der Waals surface area contributed by atoms with E-state index in [2.05, 4.69) is 21.6 Å². The zero-order valence-electron chi connectivity index (χ0n) is 12.9. The Morgan fingerprint density at radius 2 is 2.09 bits per heavy atom. The topological polar surface area (TPSA) is 44.4 Å². The average Bonchev–Trinajstić information content (AvgIpc) is 3.01. The van der Waals surface area contributed by atoms with E-state index in [1.807, 2.05) is 18.2 Å². The molecule has 1 heterocycles. The minimum Gasteiger partial charge on any atom is -0.352 e. The molecule has 1 unspecified atom stereocenters. The van der Waals surface area contributed by atoms with Crippen LogP contribution < -0.4 is 10.6 Å². The molecule has 2 fully saturated rings. The molecule has 0 bridgehead atoms. The van der Waals surface area contributed by atoms with Crippen LogP contribution >= 0.6 is 11.6 Å². The summed E-state index contributed by atoms with van der Waals surface area (Å²) in [5.74, 6) is 0.144. The fraction of sp³-hybridized carbons (Fsp3) is 0.588. The first-order valence-corrected chi connectivity index (χ1v) is 8.60. The lowest BCUT2D eigenvalue weighted by Crippen LogP contribution is -2.50. The van der Waals surface area contributed by atoms with E-state index >= 15 is 0 Å². The Kier molecular flexibility index (Phi) is 5.34. The number of benzene rings is 1. The first-order chi connectivity index (χ1) is 10.7. The van der Waals surface area contributed by atoms with Crippen molar-refractivity contribution in [2.75, 3.05) is 26.2 Å². The summed E-state index contributed by atoms with van der Waals surface area (Å²) < 4.78 is 0. The first-order valence-electron chi connectivity index (χ1n) is 8.22. The van der Waals surface area contributed by atoms with E-state index in [-0.39, 0.29) is 11.9 Å². The van der Waals surface area contributed by atoms with Gasteiger partial charge >= 0.3 is 0 Å². The highest BCUT2D eigenvalue weighted by atomic mass is 35.5. The highest BCUT2D eigenvalue weighted by Gasteiger charge is 2.27. The Morgan fingerprint density at radius 1 is 1.32 bits per heavy atom. The molecule has 22 heavy (non-hydrogen) atoms. The molecule has 1 aliphatic carbocycles. The van der Waals surface area contributed by atoms with Crippen molar-refractivity contribution in [3.63, 3.8) is 0 Å². The zero-order valence-corrected chi connectivity index (χ0v) is 13.6. The molecule has 2 N–H and O–H groups in total. The molecule has 3 rings (SSSR count). The molecule has 1 aliphatic heterocycles. The number of rotatable bonds is 4. The van der Waals surface area contributed by atoms with Crippen LogP contribution in [0.25, 0.3) is 0 Å². The number of halogens is 1. The van der Waals surface area contributed by atoms with Crippen LogP contribution in [0.3, 0.4) is 0 Å². The molecule has 0 radical (unpaired) electrons. The van der Waals surface area contributed by atoms with Gasteiger partial charge in [-0.2, -0.15) is 0 Å². The molecule has 0 spiro atoms. The smallest absolute Gasteiger partial charge is 0.234 e. The molecule has 1 atom stereocenters. The van der Waals surface area contributed by atoms with Gasteiger partial charge in [0.05, 0.1) is 6.54 Å². The Balaban J connectivity index is 1.64. The summed E-state index contributed by atoms with van der Waals surface area (Å²) in [6, 6.07) is 8.47. The maximum Gasteiger partial charge on any atom is 0.234 e. The number of nitrogens with zero attached hydrogens (tertiary/aromatic N) is 1. The van der Waals surface area contributed by atoms with Gasteiger partial charge in [0.1, 0.15) is 0 Å². The number of hydrogen-bond acceptors (Lipinski definition) is 3. The van der Waals surface area contributed by atoms with E-state index in [1.54, 1.807) is 0 Å². The largest absolute Gasteiger partial charge is 0.352 e.